The van der Waals surface area contributed by atoms with Crippen molar-refractivity contribution in [3.05, 3.63) is 0 Å². The first kappa shape index (κ1) is 13.3. The molecule has 2 heterocycles. The van der Waals surface area contributed by atoms with Crippen molar-refractivity contribution in [3.63, 3.8) is 0 Å². The van der Waals surface area contributed by atoms with E-state index in [9.17, 15) is 0 Å². The van der Waals surface area contributed by atoms with Crippen LogP contribution in [-0.2, 0) is 4.74 Å². The average Bonchev–Trinajstić information content (AvgIpc) is 2.35. The number of ether oxygens (including phenoxy) is 1. The predicted octanol–water partition coefficient (Wildman–Crippen LogP) is 0.393. The van der Waals surface area contributed by atoms with Gasteiger partial charge in [0, 0.05) is 32.2 Å². The van der Waals surface area contributed by atoms with Gasteiger partial charge in [-0.1, -0.05) is 0 Å². The SMILES string of the molecule is CC1CCN(CCN2CCOCC2)CCCN1. The maximum absolute atomic E-state index is 5.38. The number of rotatable bonds is 3. The van der Waals surface area contributed by atoms with Crippen molar-refractivity contribution in [2.24, 2.45) is 0 Å². The molecule has 0 spiro atoms. The highest BCUT2D eigenvalue weighted by molar-refractivity contribution is 4.71. The van der Waals surface area contributed by atoms with E-state index in [0.717, 1.165) is 26.3 Å². The van der Waals surface area contributed by atoms with Crippen LogP contribution in [0.25, 0.3) is 0 Å². The van der Waals surface area contributed by atoms with Gasteiger partial charge in [0.05, 0.1) is 13.2 Å². The second-order valence-electron chi connectivity index (χ2n) is 5.29. The summed E-state index contributed by atoms with van der Waals surface area (Å²) in [5, 5.41) is 3.56. The lowest BCUT2D eigenvalue weighted by Gasteiger charge is -2.31. The monoisotopic (exact) mass is 241 g/mol. The van der Waals surface area contributed by atoms with Gasteiger partial charge < -0.3 is 15.0 Å². The van der Waals surface area contributed by atoms with Crippen molar-refractivity contribution in [2.75, 3.05) is 59.0 Å². The highest BCUT2D eigenvalue weighted by Crippen LogP contribution is 2.03. The van der Waals surface area contributed by atoms with Gasteiger partial charge in [-0.2, -0.15) is 0 Å². The standard InChI is InChI=1S/C13H27N3O/c1-13-3-6-15(5-2-4-14-13)7-8-16-9-11-17-12-10-16/h13-14H,2-12H2,1H3. The van der Waals surface area contributed by atoms with Crippen LogP contribution in [0.2, 0.25) is 0 Å². The summed E-state index contributed by atoms with van der Waals surface area (Å²) in [6.45, 7) is 12.5. The molecule has 0 aromatic rings. The largest absolute Gasteiger partial charge is 0.379 e. The zero-order valence-electron chi connectivity index (χ0n) is 11.2. The maximum atomic E-state index is 5.38. The minimum Gasteiger partial charge on any atom is -0.379 e. The van der Waals surface area contributed by atoms with Crippen LogP contribution in [0.15, 0.2) is 0 Å². The summed E-state index contributed by atoms with van der Waals surface area (Å²) in [5.41, 5.74) is 0. The number of hydrogen-bond donors (Lipinski definition) is 1. The molecule has 0 aromatic carbocycles. The van der Waals surface area contributed by atoms with E-state index in [1.807, 2.05) is 0 Å². The molecule has 0 aromatic heterocycles. The summed E-state index contributed by atoms with van der Waals surface area (Å²) in [7, 11) is 0. The first-order chi connectivity index (χ1) is 8.34. The molecule has 1 unspecified atom stereocenters. The lowest BCUT2D eigenvalue weighted by molar-refractivity contribution is 0.0329. The second-order valence-corrected chi connectivity index (χ2v) is 5.29. The van der Waals surface area contributed by atoms with E-state index in [2.05, 4.69) is 22.0 Å². The minimum atomic E-state index is 0.682. The Labute approximate surface area is 105 Å². The van der Waals surface area contributed by atoms with Crippen molar-refractivity contribution >= 4 is 0 Å². The van der Waals surface area contributed by atoms with Gasteiger partial charge in [0.25, 0.3) is 0 Å². The van der Waals surface area contributed by atoms with Crippen LogP contribution in [0.3, 0.4) is 0 Å². The van der Waals surface area contributed by atoms with Crippen molar-refractivity contribution in [3.8, 4) is 0 Å². The summed E-state index contributed by atoms with van der Waals surface area (Å²) >= 11 is 0. The average molecular weight is 241 g/mol. The molecular formula is C13H27N3O. The van der Waals surface area contributed by atoms with Crippen molar-refractivity contribution < 1.29 is 4.74 Å². The normalized spacial score (nSPS) is 29.8. The fourth-order valence-electron chi connectivity index (χ4n) is 2.57. The lowest BCUT2D eigenvalue weighted by atomic mass is 10.2. The van der Waals surface area contributed by atoms with E-state index in [1.54, 1.807) is 0 Å². The highest BCUT2D eigenvalue weighted by atomic mass is 16.5. The zero-order chi connectivity index (χ0) is 11.9. The van der Waals surface area contributed by atoms with Crippen LogP contribution in [0.5, 0.6) is 0 Å². The van der Waals surface area contributed by atoms with Crippen LogP contribution in [-0.4, -0.2) is 74.9 Å². The molecule has 0 radical (unpaired) electrons. The summed E-state index contributed by atoms with van der Waals surface area (Å²) in [6, 6.07) is 0.682. The Morgan fingerprint density at radius 3 is 2.53 bits per heavy atom. The van der Waals surface area contributed by atoms with E-state index in [0.29, 0.717) is 6.04 Å². The van der Waals surface area contributed by atoms with Crippen LogP contribution in [0.4, 0.5) is 0 Å². The van der Waals surface area contributed by atoms with E-state index in [-0.39, 0.29) is 0 Å². The molecular weight excluding hydrogens is 214 g/mol. The molecule has 4 heteroatoms. The van der Waals surface area contributed by atoms with Crippen molar-refractivity contribution in [1.29, 1.82) is 0 Å². The summed E-state index contributed by atoms with van der Waals surface area (Å²) < 4.78 is 5.38. The molecule has 1 atom stereocenters. The van der Waals surface area contributed by atoms with Crippen molar-refractivity contribution in [2.45, 2.75) is 25.8 Å². The molecule has 2 rings (SSSR count). The van der Waals surface area contributed by atoms with E-state index in [1.165, 1.54) is 45.6 Å². The number of morpholine rings is 1. The van der Waals surface area contributed by atoms with Gasteiger partial charge in [-0.05, 0) is 39.4 Å². The quantitative estimate of drug-likeness (QED) is 0.774. The van der Waals surface area contributed by atoms with Crippen LogP contribution < -0.4 is 5.32 Å². The number of nitrogens with one attached hydrogen (secondary N) is 1. The fourth-order valence-corrected chi connectivity index (χ4v) is 2.57. The number of nitrogens with zero attached hydrogens (tertiary/aromatic N) is 2. The maximum Gasteiger partial charge on any atom is 0.0594 e. The van der Waals surface area contributed by atoms with Gasteiger partial charge in [-0.15, -0.1) is 0 Å². The van der Waals surface area contributed by atoms with E-state index in [4.69, 9.17) is 4.74 Å². The molecule has 100 valence electrons. The molecule has 0 bridgehead atoms. The van der Waals surface area contributed by atoms with Gasteiger partial charge in [0.15, 0.2) is 0 Å². The summed E-state index contributed by atoms with van der Waals surface area (Å²) in [6.07, 6.45) is 2.57. The highest BCUT2D eigenvalue weighted by Gasteiger charge is 2.14. The molecule has 2 aliphatic heterocycles. The van der Waals surface area contributed by atoms with Crippen LogP contribution in [0, 0.1) is 0 Å². The smallest absolute Gasteiger partial charge is 0.0594 e. The molecule has 0 saturated carbocycles. The second kappa shape index (κ2) is 7.31. The Kier molecular flexibility index (Phi) is 5.71. The number of hydrogen-bond acceptors (Lipinski definition) is 4. The Bertz CT molecular complexity index is 207. The van der Waals surface area contributed by atoms with Gasteiger partial charge in [-0.3, -0.25) is 4.90 Å². The Morgan fingerprint density at radius 1 is 1.06 bits per heavy atom. The van der Waals surface area contributed by atoms with Gasteiger partial charge >= 0.3 is 0 Å². The third-order valence-corrected chi connectivity index (χ3v) is 3.86. The van der Waals surface area contributed by atoms with Crippen LogP contribution in [0.1, 0.15) is 19.8 Å². The first-order valence-corrected chi connectivity index (χ1v) is 7.10. The third kappa shape index (κ3) is 4.92. The van der Waals surface area contributed by atoms with Gasteiger partial charge in [-0.25, -0.2) is 0 Å². The lowest BCUT2D eigenvalue weighted by Crippen LogP contribution is -2.44. The topological polar surface area (TPSA) is 27.7 Å². The fraction of sp³-hybridized carbons (Fsp3) is 1.00. The Hall–Kier alpha value is -0.160. The summed E-state index contributed by atoms with van der Waals surface area (Å²) in [4.78, 5) is 5.16. The van der Waals surface area contributed by atoms with E-state index >= 15 is 0 Å². The van der Waals surface area contributed by atoms with Crippen LogP contribution >= 0.6 is 0 Å². The molecule has 1 N–H and O–H groups in total. The molecule has 0 amide bonds. The predicted molar refractivity (Wildman–Crippen MR) is 70.4 cm³/mol. The molecule has 4 nitrogen and oxygen atoms in total. The molecule has 2 fully saturated rings. The molecule has 2 aliphatic rings. The van der Waals surface area contributed by atoms with Gasteiger partial charge in [0.1, 0.15) is 0 Å². The first-order valence-electron chi connectivity index (χ1n) is 7.10. The zero-order valence-corrected chi connectivity index (χ0v) is 11.2. The van der Waals surface area contributed by atoms with Gasteiger partial charge in [0.2, 0.25) is 0 Å². The minimum absolute atomic E-state index is 0.682. The Balaban J connectivity index is 1.65. The third-order valence-electron chi connectivity index (χ3n) is 3.86. The molecule has 17 heavy (non-hydrogen) atoms. The van der Waals surface area contributed by atoms with Crippen molar-refractivity contribution in [1.82, 2.24) is 15.1 Å². The molecule has 2 saturated heterocycles. The van der Waals surface area contributed by atoms with E-state index < -0.39 is 0 Å². The summed E-state index contributed by atoms with van der Waals surface area (Å²) in [5.74, 6) is 0. The molecule has 0 aliphatic carbocycles. The Morgan fingerprint density at radius 2 is 1.76 bits per heavy atom.